The summed E-state index contributed by atoms with van der Waals surface area (Å²) in [6.07, 6.45) is 13.5. The van der Waals surface area contributed by atoms with Gasteiger partial charge in [0.25, 0.3) is 5.91 Å². The van der Waals surface area contributed by atoms with Gasteiger partial charge in [0.1, 0.15) is 16.3 Å². The Kier molecular flexibility index (Phi) is 15.4. The van der Waals surface area contributed by atoms with Gasteiger partial charge >= 0.3 is 5.97 Å². The van der Waals surface area contributed by atoms with E-state index in [1.54, 1.807) is 11.8 Å². The fourth-order valence-electron chi connectivity index (χ4n) is 5.86. The average molecular weight is 648 g/mol. The molecule has 3 aromatic rings. The Morgan fingerprint density at radius 3 is 2.15 bits per heavy atom. The lowest BCUT2D eigenvalue weighted by atomic mass is 9.84. The maximum absolute atomic E-state index is 13.7. The minimum atomic E-state index is -0.669. The Bertz CT molecular complexity index is 1380. The van der Waals surface area contributed by atoms with E-state index in [1.165, 1.54) is 0 Å². The summed E-state index contributed by atoms with van der Waals surface area (Å²) in [6, 6.07) is 14.3. The molecule has 6 nitrogen and oxygen atoms in total. The zero-order valence-corrected chi connectivity index (χ0v) is 30.2. The number of hydrogen-bond donors (Lipinski definition) is 1. The molecule has 0 fully saturated rings. The van der Waals surface area contributed by atoms with Gasteiger partial charge in [-0.05, 0) is 76.1 Å². The zero-order valence-electron chi connectivity index (χ0n) is 29.4. The molecule has 46 heavy (non-hydrogen) atoms. The van der Waals surface area contributed by atoms with Gasteiger partial charge in [-0.2, -0.15) is 0 Å². The number of thioether (sulfide) groups is 1. The highest BCUT2D eigenvalue weighted by molar-refractivity contribution is 8.01. The minimum Gasteiger partial charge on any atom is -0.465 e. The lowest BCUT2D eigenvalue weighted by Crippen LogP contribution is -2.41. The highest BCUT2D eigenvalue weighted by Crippen LogP contribution is 2.44. The number of aromatic nitrogens is 2. The fraction of sp³-hybridized carbons (Fsp3) is 0.564. The van der Waals surface area contributed by atoms with E-state index in [2.05, 4.69) is 74.8 Å². The van der Waals surface area contributed by atoms with Crippen molar-refractivity contribution in [1.29, 1.82) is 0 Å². The van der Waals surface area contributed by atoms with E-state index < -0.39 is 4.75 Å². The number of benzene rings is 2. The number of carbonyl (C=O) groups excluding carboxylic acids is 2. The molecule has 1 unspecified atom stereocenters. The molecular formula is C39H57N3O3S. The molecule has 0 aliphatic carbocycles. The largest absolute Gasteiger partial charge is 0.465 e. The number of rotatable bonds is 20. The molecule has 0 saturated carbocycles. The average Bonchev–Trinajstić information content (AvgIpc) is 3.47. The second-order valence-corrected chi connectivity index (χ2v) is 14.4. The van der Waals surface area contributed by atoms with Crippen LogP contribution in [0.25, 0.3) is 11.4 Å². The third-order valence-corrected chi connectivity index (χ3v) is 10.2. The number of esters is 1. The summed E-state index contributed by atoms with van der Waals surface area (Å²) in [4.78, 5) is 32.9. The molecule has 1 aromatic heterocycles. The van der Waals surface area contributed by atoms with Crippen molar-refractivity contribution in [3.8, 4) is 11.4 Å². The minimum absolute atomic E-state index is 0.0989. The van der Waals surface area contributed by atoms with Gasteiger partial charge in [-0.3, -0.25) is 9.59 Å². The molecule has 7 heteroatoms. The molecule has 252 valence electrons. The number of aryl methyl sites for hydroxylation is 3. The lowest BCUT2D eigenvalue weighted by Gasteiger charge is -2.35. The lowest BCUT2D eigenvalue weighted by molar-refractivity contribution is -0.148. The van der Waals surface area contributed by atoms with E-state index in [-0.39, 0.29) is 17.8 Å². The number of amides is 1. The number of ether oxygens (including phenoxy) is 1. The Balaban J connectivity index is 1.90. The van der Waals surface area contributed by atoms with Crippen LogP contribution in [0.5, 0.6) is 0 Å². The second kappa shape index (κ2) is 18.9. The quantitative estimate of drug-likeness (QED) is 0.0750. The normalized spacial score (nSPS) is 12.7. The standard InChI is InChI=1S/C39H57N3O3S/c1-8-12-16-25-42-28-35(37(43)41-34-24-19-29(5)27-30(34)6)40-36(42)31-20-22-33(23-21-31)46-39(7,38(44)45-26-15-11-4)32(17-13-9-2)18-14-10-3/h19-24,27-28,32H,8-18,25-26H2,1-7H3,(H,41,43). The molecule has 1 atom stereocenters. The van der Waals surface area contributed by atoms with Crippen LogP contribution in [0.3, 0.4) is 0 Å². The molecule has 1 N–H and O–H groups in total. The monoisotopic (exact) mass is 647 g/mol. The summed E-state index contributed by atoms with van der Waals surface area (Å²) in [5, 5.41) is 3.05. The van der Waals surface area contributed by atoms with Crippen molar-refractivity contribution in [3.05, 3.63) is 65.5 Å². The summed E-state index contributed by atoms with van der Waals surface area (Å²) < 4.78 is 7.32. The molecule has 1 amide bonds. The Hall–Kier alpha value is -3.06. The number of carbonyl (C=O) groups is 2. The Morgan fingerprint density at radius 2 is 1.54 bits per heavy atom. The number of nitrogens with zero attached hydrogens (tertiary/aromatic N) is 2. The Morgan fingerprint density at radius 1 is 0.891 bits per heavy atom. The van der Waals surface area contributed by atoms with Gasteiger partial charge in [0.2, 0.25) is 0 Å². The molecule has 1 heterocycles. The first-order valence-electron chi connectivity index (χ1n) is 17.6. The first-order valence-corrected chi connectivity index (χ1v) is 18.4. The van der Waals surface area contributed by atoms with Crippen molar-refractivity contribution in [2.75, 3.05) is 11.9 Å². The molecule has 3 rings (SSSR count). The summed E-state index contributed by atoms with van der Waals surface area (Å²) in [5.41, 5.74) is 4.34. The van der Waals surface area contributed by atoms with Gasteiger partial charge in [-0.1, -0.05) is 102 Å². The van der Waals surface area contributed by atoms with E-state index >= 15 is 0 Å². The second-order valence-electron chi connectivity index (χ2n) is 12.8. The van der Waals surface area contributed by atoms with Gasteiger partial charge in [0, 0.05) is 28.9 Å². The number of anilines is 1. The molecule has 0 spiro atoms. The first-order chi connectivity index (χ1) is 22.2. The number of imidazole rings is 1. The maximum atomic E-state index is 13.7. The zero-order chi connectivity index (χ0) is 33.5. The van der Waals surface area contributed by atoms with Crippen molar-refractivity contribution in [2.45, 2.75) is 135 Å². The van der Waals surface area contributed by atoms with Crippen LogP contribution in [0.2, 0.25) is 0 Å². The third-order valence-electron chi connectivity index (χ3n) is 8.81. The van der Waals surface area contributed by atoms with Crippen LogP contribution < -0.4 is 5.32 Å². The van der Waals surface area contributed by atoms with Crippen LogP contribution in [0.15, 0.2) is 53.6 Å². The van der Waals surface area contributed by atoms with Crippen LogP contribution >= 0.6 is 11.8 Å². The van der Waals surface area contributed by atoms with Gasteiger partial charge in [-0.25, -0.2) is 4.98 Å². The number of hydrogen-bond acceptors (Lipinski definition) is 5. The number of unbranched alkanes of at least 4 members (excludes halogenated alkanes) is 5. The predicted molar refractivity (Wildman–Crippen MR) is 194 cm³/mol. The summed E-state index contributed by atoms with van der Waals surface area (Å²) in [5.74, 6) is 0.709. The summed E-state index contributed by atoms with van der Waals surface area (Å²) in [6.45, 7) is 16.1. The van der Waals surface area contributed by atoms with Gasteiger partial charge in [0.15, 0.2) is 0 Å². The van der Waals surface area contributed by atoms with Crippen LogP contribution in [0, 0.1) is 19.8 Å². The number of nitrogens with one attached hydrogen (secondary N) is 1. The van der Waals surface area contributed by atoms with E-state index in [4.69, 9.17) is 9.72 Å². The Labute approximate surface area is 282 Å². The first kappa shape index (κ1) is 37.4. The van der Waals surface area contributed by atoms with E-state index in [0.29, 0.717) is 12.3 Å². The summed E-state index contributed by atoms with van der Waals surface area (Å²) >= 11 is 1.64. The molecule has 0 bridgehead atoms. The predicted octanol–water partition coefficient (Wildman–Crippen LogP) is 10.8. The van der Waals surface area contributed by atoms with Crippen LogP contribution in [-0.4, -0.2) is 32.8 Å². The fourth-order valence-corrected chi connectivity index (χ4v) is 7.16. The van der Waals surface area contributed by atoms with Crippen molar-refractivity contribution < 1.29 is 14.3 Å². The van der Waals surface area contributed by atoms with Crippen molar-refractivity contribution >= 4 is 29.3 Å². The molecule has 2 aromatic carbocycles. The summed E-state index contributed by atoms with van der Waals surface area (Å²) in [7, 11) is 0. The van der Waals surface area contributed by atoms with Gasteiger partial charge in [-0.15, -0.1) is 11.8 Å². The highest BCUT2D eigenvalue weighted by atomic mass is 32.2. The molecular weight excluding hydrogens is 591 g/mol. The van der Waals surface area contributed by atoms with E-state index in [0.717, 1.165) is 110 Å². The van der Waals surface area contributed by atoms with Crippen LogP contribution in [-0.2, 0) is 16.1 Å². The van der Waals surface area contributed by atoms with Crippen molar-refractivity contribution in [3.63, 3.8) is 0 Å². The topological polar surface area (TPSA) is 73.2 Å². The van der Waals surface area contributed by atoms with E-state index in [1.807, 2.05) is 32.2 Å². The molecule has 0 radical (unpaired) electrons. The van der Waals surface area contributed by atoms with Crippen molar-refractivity contribution in [2.24, 2.45) is 5.92 Å². The van der Waals surface area contributed by atoms with Gasteiger partial charge in [0.05, 0.1) is 6.61 Å². The van der Waals surface area contributed by atoms with Crippen molar-refractivity contribution in [1.82, 2.24) is 9.55 Å². The van der Waals surface area contributed by atoms with Gasteiger partial charge < -0.3 is 14.6 Å². The third kappa shape index (κ3) is 10.5. The molecule has 0 aliphatic rings. The van der Waals surface area contributed by atoms with Crippen LogP contribution in [0.1, 0.15) is 127 Å². The highest BCUT2D eigenvalue weighted by Gasteiger charge is 2.43. The molecule has 0 aliphatic heterocycles. The molecule has 0 saturated heterocycles. The smallest absolute Gasteiger partial charge is 0.322 e. The van der Waals surface area contributed by atoms with Crippen LogP contribution in [0.4, 0.5) is 5.69 Å². The maximum Gasteiger partial charge on any atom is 0.322 e. The van der Waals surface area contributed by atoms with E-state index in [9.17, 15) is 9.59 Å². The SMILES string of the molecule is CCCCCn1cc(C(=O)Nc2ccc(C)cc2C)nc1-c1ccc(SC(C)(C(=O)OCCCC)C(CCCC)CCCC)cc1.